The zero-order chi connectivity index (χ0) is 20.4. The fraction of sp³-hybridized carbons (Fsp3) is 0.522. The number of fused-ring (bicyclic) bond motifs is 4. The second-order valence-electron chi connectivity index (χ2n) is 8.54. The maximum absolute atomic E-state index is 13.2. The summed E-state index contributed by atoms with van der Waals surface area (Å²) in [5.74, 6) is 0.906. The molecule has 0 spiro atoms. The van der Waals surface area contributed by atoms with Crippen molar-refractivity contribution in [3.8, 4) is 0 Å². The lowest BCUT2D eigenvalue weighted by atomic mass is 9.82. The van der Waals surface area contributed by atoms with Crippen LogP contribution in [-0.2, 0) is 24.4 Å². The highest BCUT2D eigenvalue weighted by atomic mass is 16.2. The van der Waals surface area contributed by atoms with Gasteiger partial charge in [-0.3, -0.25) is 19.5 Å². The Hall–Kier alpha value is -2.47. The molecule has 0 aliphatic carbocycles. The lowest BCUT2D eigenvalue weighted by molar-refractivity contribution is -0.134. The molecule has 0 saturated carbocycles. The molecule has 2 aliphatic rings. The number of amides is 1. The van der Waals surface area contributed by atoms with Crippen LogP contribution in [0.3, 0.4) is 0 Å². The molecule has 154 valence electrons. The fourth-order valence-electron chi connectivity index (χ4n) is 4.80. The van der Waals surface area contributed by atoms with Crippen LogP contribution in [0, 0.1) is 5.92 Å². The van der Waals surface area contributed by atoms with Gasteiger partial charge < -0.3 is 9.47 Å². The van der Waals surface area contributed by atoms with Crippen molar-refractivity contribution < 1.29 is 4.79 Å². The number of pyridine rings is 2. The first-order valence-corrected chi connectivity index (χ1v) is 10.6. The van der Waals surface area contributed by atoms with Crippen molar-refractivity contribution >= 4 is 5.91 Å². The minimum absolute atomic E-state index is 0.124. The van der Waals surface area contributed by atoms with Gasteiger partial charge in [-0.2, -0.15) is 0 Å². The average molecular weight is 395 g/mol. The van der Waals surface area contributed by atoms with Gasteiger partial charge in [0.15, 0.2) is 0 Å². The van der Waals surface area contributed by atoms with E-state index >= 15 is 0 Å². The van der Waals surface area contributed by atoms with Gasteiger partial charge in [0.1, 0.15) is 0 Å². The molecule has 4 rings (SSSR count). The molecule has 0 unspecified atom stereocenters. The summed E-state index contributed by atoms with van der Waals surface area (Å²) < 4.78 is 1.98. The van der Waals surface area contributed by atoms with Crippen molar-refractivity contribution in [3.63, 3.8) is 0 Å². The summed E-state index contributed by atoms with van der Waals surface area (Å²) in [5.41, 5.74) is 3.04. The molecule has 6 heteroatoms. The predicted molar refractivity (Wildman–Crippen MR) is 112 cm³/mol. The first-order chi connectivity index (χ1) is 14.0. The Labute approximate surface area is 172 Å². The fourth-order valence-corrected chi connectivity index (χ4v) is 4.80. The van der Waals surface area contributed by atoms with Crippen LogP contribution in [-0.4, -0.2) is 45.4 Å². The molecule has 1 saturated heterocycles. The third kappa shape index (κ3) is 4.27. The van der Waals surface area contributed by atoms with E-state index in [2.05, 4.69) is 16.0 Å². The summed E-state index contributed by atoms with van der Waals surface area (Å²) in [4.78, 5) is 34.1. The van der Waals surface area contributed by atoms with E-state index in [1.54, 1.807) is 6.20 Å². The van der Waals surface area contributed by atoms with E-state index in [1.807, 2.05) is 47.7 Å². The first-order valence-electron chi connectivity index (χ1n) is 10.6. The van der Waals surface area contributed by atoms with Crippen LogP contribution in [0.25, 0.3) is 0 Å². The predicted octanol–water partition coefficient (Wildman–Crippen LogP) is 2.62. The summed E-state index contributed by atoms with van der Waals surface area (Å²) in [6.07, 6.45) is 4.38. The number of nitrogens with zero attached hydrogens (tertiary/aromatic N) is 4. The summed E-state index contributed by atoms with van der Waals surface area (Å²) in [6, 6.07) is 9.99. The molecule has 2 bridgehead atoms. The monoisotopic (exact) mass is 394 g/mol. The molecule has 6 nitrogen and oxygen atoms in total. The highest BCUT2D eigenvalue weighted by Gasteiger charge is 2.36. The van der Waals surface area contributed by atoms with Gasteiger partial charge in [0.25, 0.3) is 5.56 Å². The molecule has 1 amide bonds. The maximum Gasteiger partial charge on any atom is 0.255 e. The topological polar surface area (TPSA) is 58.4 Å². The van der Waals surface area contributed by atoms with Gasteiger partial charge in [-0.05, 0) is 44.0 Å². The largest absolute Gasteiger partial charge is 0.342 e. The van der Waals surface area contributed by atoms with E-state index in [0.29, 0.717) is 25.4 Å². The molecule has 1 fully saturated rings. The molecule has 2 aliphatic heterocycles. The van der Waals surface area contributed by atoms with Gasteiger partial charge in [0, 0.05) is 62.5 Å². The van der Waals surface area contributed by atoms with Crippen molar-refractivity contribution in [2.24, 2.45) is 5.92 Å². The van der Waals surface area contributed by atoms with Crippen molar-refractivity contribution in [3.05, 3.63) is 63.8 Å². The van der Waals surface area contributed by atoms with Gasteiger partial charge in [-0.25, -0.2) is 0 Å². The molecule has 2 atom stereocenters. The standard InChI is InChI=1S/C23H30N4O2/c1-3-6-22(28)26-12-17-11-19(15-26)21-9-8-18(23(29)27(21)13-17)14-25(2)16-20-7-4-5-10-24-20/h4-5,7-10,17,19H,3,6,11-16H2,1-2H3/t17-,19+/m0/s1. The van der Waals surface area contributed by atoms with Crippen molar-refractivity contribution in [2.45, 2.75) is 51.7 Å². The third-order valence-electron chi connectivity index (χ3n) is 6.10. The highest BCUT2D eigenvalue weighted by molar-refractivity contribution is 5.76. The number of hydrogen-bond donors (Lipinski definition) is 0. The molecule has 2 aromatic heterocycles. The average Bonchev–Trinajstić information content (AvgIpc) is 2.71. The molecular formula is C23H30N4O2. The molecule has 0 N–H and O–H groups in total. The van der Waals surface area contributed by atoms with E-state index in [0.717, 1.165) is 49.4 Å². The number of rotatable bonds is 6. The number of piperidine rings is 1. The summed E-state index contributed by atoms with van der Waals surface area (Å²) in [6.45, 7) is 5.61. The lowest BCUT2D eigenvalue weighted by Crippen LogP contribution is -2.49. The molecule has 0 radical (unpaired) electrons. The van der Waals surface area contributed by atoms with Crippen LogP contribution in [0.15, 0.2) is 41.3 Å². The molecule has 2 aromatic rings. The molecule has 29 heavy (non-hydrogen) atoms. The Balaban J connectivity index is 1.50. The van der Waals surface area contributed by atoms with Crippen molar-refractivity contribution in [2.75, 3.05) is 20.1 Å². The zero-order valence-electron chi connectivity index (χ0n) is 17.4. The van der Waals surface area contributed by atoms with Crippen LogP contribution in [0.1, 0.15) is 49.1 Å². The Kier molecular flexibility index (Phi) is 5.81. The number of carbonyl (C=O) groups is 1. The number of carbonyl (C=O) groups excluding carboxylic acids is 1. The highest BCUT2D eigenvalue weighted by Crippen LogP contribution is 2.35. The minimum atomic E-state index is 0.124. The SMILES string of the molecule is CCCC(=O)N1C[C@@H]2C[C@H](C1)c1ccc(CN(C)Cc3ccccn3)c(=O)n1C2. The molecular weight excluding hydrogens is 364 g/mol. The summed E-state index contributed by atoms with van der Waals surface area (Å²) in [7, 11) is 2.02. The van der Waals surface area contributed by atoms with Crippen molar-refractivity contribution in [1.82, 2.24) is 19.4 Å². The Morgan fingerprint density at radius 1 is 1.17 bits per heavy atom. The quantitative estimate of drug-likeness (QED) is 0.756. The normalized spacial score (nSPS) is 20.6. The first kappa shape index (κ1) is 19.8. The minimum Gasteiger partial charge on any atom is -0.342 e. The summed E-state index contributed by atoms with van der Waals surface area (Å²) in [5, 5.41) is 0. The molecule has 4 heterocycles. The lowest BCUT2D eigenvalue weighted by Gasteiger charge is -2.43. The van der Waals surface area contributed by atoms with E-state index in [-0.39, 0.29) is 17.4 Å². The smallest absolute Gasteiger partial charge is 0.255 e. The number of hydrogen-bond acceptors (Lipinski definition) is 4. The van der Waals surface area contributed by atoms with Crippen LogP contribution in [0.2, 0.25) is 0 Å². The van der Waals surface area contributed by atoms with Gasteiger partial charge in [-0.15, -0.1) is 0 Å². The Morgan fingerprint density at radius 2 is 2.03 bits per heavy atom. The van der Waals surface area contributed by atoms with Gasteiger partial charge in [-0.1, -0.05) is 19.1 Å². The van der Waals surface area contributed by atoms with Gasteiger partial charge in [0.05, 0.1) is 5.69 Å². The van der Waals surface area contributed by atoms with Gasteiger partial charge >= 0.3 is 0 Å². The molecule has 0 aromatic carbocycles. The second-order valence-corrected chi connectivity index (χ2v) is 8.54. The Bertz CT molecular complexity index is 924. The zero-order valence-corrected chi connectivity index (χ0v) is 17.4. The van der Waals surface area contributed by atoms with Crippen LogP contribution < -0.4 is 5.56 Å². The Morgan fingerprint density at radius 3 is 2.79 bits per heavy atom. The van der Waals surface area contributed by atoms with Crippen LogP contribution in [0.5, 0.6) is 0 Å². The van der Waals surface area contributed by atoms with E-state index < -0.39 is 0 Å². The number of likely N-dealkylation sites (tertiary alicyclic amines) is 1. The summed E-state index contributed by atoms with van der Waals surface area (Å²) >= 11 is 0. The van der Waals surface area contributed by atoms with Gasteiger partial charge in [0.2, 0.25) is 5.91 Å². The maximum atomic E-state index is 13.2. The van der Waals surface area contributed by atoms with E-state index in [9.17, 15) is 9.59 Å². The van der Waals surface area contributed by atoms with Crippen LogP contribution in [0.4, 0.5) is 0 Å². The second kappa shape index (κ2) is 8.49. The van der Waals surface area contributed by atoms with E-state index in [1.165, 1.54) is 0 Å². The number of aromatic nitrogens is 2. The van der Waals surface area contributed by atoms with E-state index in [4.69, 9.17) is 0 Å². The van der Waals surface area contributed by atoms with Crippen LogP contribution >= 0.6 is 0 Å². The van der Waals surface area contributed by atoms with Crippen molar-refractivity contribution in [1.29, 1.82) is 0 Å². The third-order valence-corrected chi connectivity index (χ3v) is 6.10.